The summed E-state index contributed by atoms with van der Waals surface area (Å²) < 4.78 is 26.6. The molecule has 1 aromatic rings. The maximum Gasteiger partial charge on any atom is 0.303 e. The zero-order valence-corrected chi connectivity index (χ0v) is 11.4. The fraction of sp³-hybridized carbons (Fsp3) is 0.429. The lowest BCUT2D eigenvalue weighted by Gasteiger charge is -2.14. The Morgan fingerprint density at radius 1 is 1.30 bits per heavy atom. The Labute approximate surface area is 115 Å². The van der Waals surface area contributed by atoms with Gasteiger partial charge in [0, 0.05) is 18.5 Å². The van der Waals surface area contributed by atoms with Crippen molar-refractivity contribution in [2.45, 2.75) is 39.2 Å². The lowest BCUT2D eigenvalue weighted by Crippen LogP contribution is -2.33. The minimum absolute atomic E-state index is 0.0181. The molecule has 0 aliphatic heterocycles. The fourth-order valence-corrected chi connectivity index (χ4v) is 1.76. The van der Waals surface area contributed by atoms with Crippen molar-refractivity contribution in [2.24, 2.45) is 0 Å². The first-order valence-corrected chi connectivity index (χ1v) is 6.29. The molecule has 20 heavy (non-hydrogen) atoms. The molecule has 0 radical (unpaired) electrons. The molecule has 1 amide bonds. The molecule has 0 aromatic heterocycles. The average molecular weight is 285 g/mol. The highest BCUT2D eigenvalue weighted by molar-refractivity contribution is 5.94. The van der Waals surface area contributed by atoms with Crippen molar-refractivity contribution in [2.75, 3.05) is 0 Å². The molecule has 1 unspecified atom stereocenters. The maximum atomic E-state index is 13.5. The van der Waals surface area contributed by atoms with E-state index in [-0.39, 0.29) is 23.6 Å². The van der Waals surface area contributed by atoms with E-state index in [1.165, 1.54) is 6.92 Å². The Morgan fingerprint density at radius 2 is 1.95 bits per heavy atom. The van der Waals surface area contributed by atoms with Crippen molar-refractivity contribution < 1.29 is 23.5 Å². The highest BCUT2D eigenvalue weighted by Gasteiger charge is 2.16. The molecular formula is C14H17F2NO3. The van der Waals surface area contributed by atoms with E-state index in [9.17, 15) is 18.4 Å². The number of aryl methyl sites for hydroxylation is 1. The molecule has 0 spiro atoms. The summed E-state index contributed by atoms with van der Waals surface area (Å²) in [6.45, 7) is 3.15. The third-order valence-corrected chi connectivity index (χ3v) is 2.90. The Hall–Kier alpha value is -1.98. The quantitative estimate of drug-likeness (QED) is 0.844. The van der Waals surface area contributed by atoms with E-state index in [2.05, 4.69) is 5.32 Å². The molecule has 6 heteroatoms. The smallest absolute Gasteiger partial charge is 0.303 e. The molecule has 0 saturated carbocycles. The van der Waals surface area contributed by atoms with E-state index in [0.717, 1.165) is 6.07 Å². The number of benzene rings is 1. The molecule has 0 heterocycles. The van der Waals surface area contributed by atoms with Crippen LogP contribution in [0.3, 0.4) is 0 Å². The Balaban J connectivity index is 2.62. The van der Waals surface area contributed by atoms with Crippen molar-refractivity contribution in [3.63, 3.8) is 0 Å². The van der Waals surface area contributed by atoms with Crippen molar-refractivity contribution >= 4 is 11.9 Å². The molecular weight excluding hydrogens is 268 g/mol. The van der Waals surface area contributed by atoms with E-state index < -0.39 is 23.5 Å². The molecule has 0 aliphatic carbocycles. The summed E-state index contributed by atoms with van der Waals surface area (Å²) in [6, 6.07) is 1.55. The summed E-state index contributed by atoms with van der Waals surface area (Å²) in [5.41, 5.74) is -0.0240. The Kier molecular flexibility index (Phi) is 5.61. The summed E-state index contributed by atoms with van der Waals surface area (Å²) in [5, 5.41) is 11.1. The van der Waals surface area contributed by atoms with Gasteiger partial charge in [-0.25, -0.2) is 8.78 Å². The van der Waals surface area contributed by atoms with Crippen LogP contribution in [0.25, 0.3) is 0 Å². The Morgan fingerprint density at radius 3 is 2.55 bits per heavy atom. The molecule has 1 rings (SSSR count). The second kappa shape index (κ2) is 6.98. The van der Waals surface area contributed by atoms with Gasteiger partial charge in [0.05, 0.1) is 5.56 Å². The largest absolute Gasteiger partial charge is 0.481 e. The minimum atomic E-state index is -0.914. The van der Waals surface area contributed by atoms with Crippen molar-refractivity contribution in [3.05, 3.63) is 34.9 Å². The van der Waals surface area contributed by atoms with Gasteiger partial charge in [-0.3, -0.25) is 9.59 Å². The van der Waals surface area contributed by atoms with Crippen LogP contribution in [0.2, 0.25) is 0 Å². The SMILES string of the molecule is Cc1cc(C(=O)NC(C)CCCC(=O)O)c(F)cc1F. The number of carboxylic acid groups (broad SMARTS) is 1. The lowest BCUT2D eigenvalue weighted by molar-refractivity contribution is -0.137. The molecule has 110 valence electrons. The standard InChI is InChI=1S/C14H17F2NO3/c1-8-6-10(12(16)7-11(8)15)14(20)17-9(2)4-3-5-13(18)19/h6-7,9H,3-5H2,1-2H3,(H,17,20)(H,18,19). The summed E-state index contributed by atoms with van der Waals surface area (Å²) in [7, 11) is 0. The minimum Gasteiger partial charge on any atom is -0.481 e. The molecule has 1 aromatic carbocycles. The van der Waals surface area contributed by atoms with Crippen LogP contribution in [-0.2, 0) is 4.79 Å². The van der Waals surface area contributed by atoms with Crippen molar-refractivity contribution in [3.8, 4) is 0 Å². The van der Waals surface area contributed by atoms with Gasteiger partial charge in [0.25, 0.3) is 5.91 Å². The van der Waals surface area contributed by atoms with Gasteiger partial charge in [-0.05, 0) is 38.3 Å². The molecule has 4 nitrogen and oxygen atoms in total. The molecule has 0 fully saturated rings. The van der Waals surface area contributed by atoms with Gasteiger partial charge >= 0.3 is 5.97 Å². The van der Waals surface area contributed by atoms with Crippen LogP contribution in [0.15, 0.2) is 12.1 Å². The van der Waals surface area contributed by atoms with E-state index in [0.29, 0.717) is 18.9 Å². The van der Waals surface area contributed by atoms with Crippen LogP contribution in [0.5, 0.6) is 0 Å². The second-order valence-electron chi connectivity index (χ2n) is 4.74. The number of carbonyl (C=O) groups is 2. The highest BCUT2D eigenvalue weighted by atomic mass is 19.1. The maximum absolute atomic E-state index is 13.5. The van der Waals surface area contributed by atoms with Crippen molar-refractivity contribution in [1.82, 2.24) is 5.32 Å². The molecule has 0 bridgehead atoms. The van der Waals surface area contributed by atoms with Crippen LogP contribution < -0.4 is 5.32 Å². The van der Waals surface area contributed by atoms with Gasteiger partial charge < -0.3 is 10.4 Å². The number of hydrogen-bond donors (Lipinski definition) is 2. The molecule has 0 saturated heterocycles. The first-order valence-electron chi connectivity index (χ1n) is 6.29. The van der Waals surface area contributed by atoms with E-state index in [1.54, 1.807) is 6.92 Å². The number of carboxylic acids is 1. The number of nitrogens with one attached hydrogen (secondary N) is 1. The van der Waals surface area contributed by atoms with Gasteiger partial charge in [-0.1, -0.05) is 0 Å². The lowest BCUT2D eigenvalue weighted by atomic mass is 10.1. The summed E-state index contributed by atoms with van der Waals surface area (Å²) >= 11 is 0. The Bertz CT molecular complexity index is 517. The van der Waals surface area contributed by atoms with E-state index in [4.69, 9.17) is 5.11 Å². The molecule has 2 N–H and O–H groups in total. The van der Waals surface area contributed by atoms with Gasteiger partial charge in [0.2, 0.25) is 0 Å². The van der Waals surface area contributed by atoms with Crippen LogP contribution in [0.1, 0.15) is 42.1 Å². The van der Waals surface area contributed by atoms with Crippen LogP contribution in [-0.4, -0.2) is 23.0 Å². The first-order chi connectivity index (χ1) is 9.31. The number of hydrogen-bond acceptors (Lipinski definition) is 2. The fourth-order valence-electron chi connectivity index (χ4n) is 1.76. The van der Waals surface area contributed by atoms with Gasteiger partial charge in [0.15, 0.2) is 0 Å². The second-order valence-corrected chi connectivity index (χ2v) is 4.74. The summed E-state index contributed by atoms with van der Waals surface area (Å²) in [4.78, 5) is 22.2. The summed E-state index contributed by atoms with van der Waals surface area (Å²) in [5.74, 6) is -3.14. The van der Waals surface area contributed by atoms with Crippen LogP contribution >= 0.6 is 0 Å². The average Bonchev–Trinajstić information content (AvgIpc) is 2.33. The number of carbonyl (C=O) groups excluding carboxylic acids is 1. The monoisotopic (exact) mass is 285 g/mol. The van der Waals surface area contributed by atoms with Crippen LogP contribution in [0.4, 0.5) is 8.78 Å². The molecule has 0 aliphatic rings. The number of halogens is 2. The number of amides is 1. The van der Waals surface area contributed by atoms with E-state index in [1.807, 2.05) is 0 Å². The first kappa shape index (κ1) is 16.1. The summed E-state index contributed by atoms with van der Waals surface area (Å²) in [6.07, 6.45) is 0.909. The van der Waals surface area contributed by atoms with Gasteiger partial charge in [0.1, 0.15) is 11.6 Å². The van der Waals surface area contributed by atoms with Crippen LogP contribution in [0, 0.1) is 18.6 Å². The predicted octanol–water partition coefficient (Wildman–Crippen LogP) is 2.65. The number of aliphatic carboxylic acids is 1. The van der Waals surface area contributed by atoms with Gasteiger partial charge in [-0.15, -0.1) is 0 Å². The topological polar surface area (TPSA) is 66.4 Å². The molecule has 1 atom stereocenters. The normalized spacial score (nSPS) is 12.0. The van der Waals surface area contributed by atoms with E-state index >= 15 is 0 Å². The highest BCUT2D eigenvalue weighted by Crippen LogP contribution is 2.14. The number of rotatable bonds is 6. The van der Waals surface area contributed by atoms with Gasteiger partial charge in [-0.2, -0.15) is 0 Å². The van der Waals surface area contributed by atoms with Crippen molar-refractivity contribution in [1.29, 1.82) is 0 Å². The zero-order valence-electron chi connectivity index (χ0n) is 11.4. The predicted molar refractivity (Wildman–Crippen MR) is 69.5 cm³/mol. The third kappa shape index (κ3) is 4.60. The third-order valence-electron chi connectivity index (χ3n) is 2.90. The zero-order chi connectivity index (χ0) is 15.3.